The minimum Gasteiger partial charge on any atom is -0.310 e. The fraction of sp³-hybridized carbons (Fsp3) is 0.0145. The lowest BCUT2D eigenvalue weighted by Gasteiger charge is -2.45. The third-order valence-electron chi connectivity index (χ3n) is 15.0. The van der Waals surface area contributed by atoms with Crippen molar-refractivity contribution in [2.24, 2.45) is 0 Å². The summed E-state index contributed by atoms with van der Waals surface area (Å²) >= 11 is 0. The highest BCUT2D eigenvalue weighted by atomic mass is 15.2. The molecule has 0 aromatic heterocycles. The van der Waals surface area contributed by atoms with E-state index >= 15 is 0 Å². The monoisotopic (exact) mass is 917 g/mol. The molecule has 0 amide bonds. The van der Waals surface area contributed by atoms with Gasteiger partial charge in [0.25, 0.3) is 0 Å². The van der Waals surface area contributed by atoms with Gasteiger partial charge in [0.2, 0.25) is 0 Å². The first-order valence-corrected chi connectivity index (χ1v) is 24.8. The predicted molar refractivity (Wildman–Crippen MR) is 302 cm³/mol. The molecule has 72 heavy (non-hydrogen) atoms. The van der Waals surface area contributed by atoms with Gasteiger partial charge in [0.15, 0.2) is 0 Å². The van der Waals surface area contributed by atoms with Crippen LogP contribution in [0.4, 0.5) is 51.2 Å². The van der Waals surface area contributed by atoms with E-state index < -0.39 is 5.41 Å². The van der Waals surface area contributed by atoms with Crippen LogP contribution >= 0.6 is 0 Å². The maximum Gasteiger partial charge on any atom is 0.0755 e. The van der Waals surface area contributed by atoms with Crippen molar-refractivity contribution in [2.45, 2.75) is 5.41 Å². The smallest absolute Gasteiger partial charge is 0.0755 e. The SMILES string of the molecule is c1ccc(-c2cccc(N(c3ccccc3)c3ccc4c(c3)C3(c5cc(N(c6ccccc6)c6cc7ccccc7c7ccccc67)ccc5-4)c4ccccc4N(c4ccccc4)c4ccccc43)c2)cc1. The van der Waals surface area contributed by atoms with Gasteiger partial charge in [0, 0.05) is 39.5 Å². The summed E-state index contributed by atoms with van der Waals surface area (Å²) in [5, 5.41) is 4.89. The largest absolute Gasteiger partial charge is 0.310 e. The molecule has 0 saturated heterocycles. The van der Waals surface area contributed by atoms with E-state index in [1.807, 2.05) is 0 Å². The molecule has 0 saturated carbocycles. The minimum atomic E-state index is -0.725. The molecular formula is C69H47N3. The summed E-state index contributed by atoms with van der Waals surface area (Å²) in [6, 6.07) is 105. The van der Waals surface area contributed by atoms with Crippen molar-refractivity contribution in [1.82, 2.24) is 0 Å². The Bertz CT molecular complexity index is 3950. The summed E-state index contributed by atoms with van der Waals surface area (Å²) in [6.07, 6.45) is 0. The molecule has 3 heteroatoms. The number of hydrogen-bond donors (Lipinski definition) is 0. The molecule has 3 nitrogen and oxygen atoms in total. The van der Waals surface area contributed by atoms with Gasteiger partial charge in [-0.25, -0.2) is 0 Å². The molecule has 0 unspecified atom stereocenters. The molecule has 0 bridgehead atoms. The Hall–Kier alpha value is -9.44. The Morgan fingerprint density at radius 1 is 0.278 bits per heavy atom. The Morgan fingerprint density at radius 3 is 1.38 bits per heavy atom. The summed E-state index contributed by atoms with van der Waals surface area (Å²) in [4.78, 5) is 7.36. The molecular weight excluding hydrogens is 871 g/mol. The van der Waals surface area contributed by atoms with Gasteiger partial charge in [-0.3, -0.25) is 0 Å². The second-order valence-electron chi connectivity index (χ2n) is 18.8. The quantitative estimate of drug-likeness (QED) is 0.141. The van der Waals surface area contributed by atoms with Crippen LogP contribution in [0.25, 0.3) is 43.8 Å². The van der Waals surface area contributed by atoms with E-state index in [0.717, 1.165) is 51.2 Å². The summed E-state index contributed by atoms with van der Waals surface area (Å²) in [5.74, 6) is 0. The van der Waals surface area contributed by atoms with E-state index in [4.69, 9.17) is 0 Å². The second kappa shape index (κ2) is 16.9. The molecule has 338 valence electrons. The highest BCUT2D eigenvalue weighted by Gasteiger charge is 2.52. The molecule has 1 heterocycles. The second-order valence-corrected chi connectivity index (χ2v) is 18.8. The first-order valence-electron chi connectivity index (χ1n) is 24.8. The van der Waals surface area contributed by atoms with Crippen molar-refractivity contribution < 1.29 is 0 Å². The van der Waals surface area contributed by atoms with Crippen molar-refractivity contribution >= 4 is 72.7 Å². The van der Waals surface area contributed by atoms with Crippen LogP contribution < -0.4 is 14.7 Å². The van der Waals surface area contributed by atoms with Crippen LogP contribution in [0.3, 0.4) is 0 Å². The normalized spacial score (nSPS) is 12.8. The molecule has 0 fully saturated rings. The number of fused-ring (bicyclic) bond motifs is 12. The topological polar surface area (TPSA) is 9.72 Å². The van der Waals surface area contributed by atoms with E-state index in [1.165, 1.54) is 66.1 Å². The summed E-state index contributed by atoms with van der Waals surface area (Å²) in [7, 11) is 0. The van der Waals surface area contributed by atoms with E-state index in [0.29, 0.717) is 0 Å². The summed E-state index contributed by atoms with van der Waals surface area (Å²) < 4.78 is 0. The van der Waals surface area contributed by atoms with Gasteiger partial charge >= 0.3 is 0 Å². The Balaban J connectivity index is 1.06. The molecule has 0 atom stereocenters. The third-order valence-corrected chi connectivity index (χ3v) is 15.0. The molecule has 0 N–H and O–H groups in total. The van der Waals surface area contributed by atoms with E-state index in [-0.39, 0.29) is 0 Å². The van der Waals surface area contributed by atoms with Gasteiger partial charge in [-0.1, -0.05) is 194 Å². The maximum absolute atomic E-state index is 2.51. The van der Waals surface area contributed by atoms with Crippen molar-refractivity contribution in [2.75, 3.05) is 14.7 Å². The average molecular weight is 918 g/mol. The highest BCUT2D eigenvalue weighted by Crippen LogP contribution is 2.64. The van der Waals surface area contributed by atoms with Crippen LogP contribution in [0.15, 0.2) is 285 Å². The lowest BCUT2D eigenvalue weighted by atomic mass is 9.64. The van der Waals surface area contributed by atoms with E-state index in [1.54, 1.807) is 0 Å². The van der Waals surface area contributed by atoms with Gasteiger partial charge in [-0.15, -0.1) is 0 Å². The number of rotatable bonds is 8. The maximum atomic E-state index is 2.51. The van der Waals surface area contributed by atoms with Gasteiger partial charge in [0.05, 0.1) is 22.5 Å². The average Bonchev–Trinajstić information content (AvgIpc) is 3.74. The number of anilines is 9. The molecule has 1 spiro atoms. The lowest BCUT2D eigenvalue weighted by Crippen LogP contribution is -2.36. The van der Waals surface area contributed by atoms with Gasteiger partial charge in [-0.05, 0) is 152 Å². The number of hydrogen-bond acceptors (Lipinski definition) is 3. The van der Waals surface area contributed by atoms with Crippen LogP contribution in [0.5, 0.6) is 0 Å². The molecule has 12 aromatic carbocycles. The first kappa shape index (κ1) is 41.5. The summed E-state index contributed by atoms with van der Waals surface area (Å²) in [6.45, 7) is 0. The Labute approximate surface area is 420 Å². The standard InChI is InChI=1S/C69H47N3/c1-5-22-48(23-6-1)49-25-21-32-54(44-49)70(51-26-7-2-8-27-51)55-40-42-59-60-43-41-56(71(52-28-9-3-10-29-52)68-45-50-24-13-14-33-57(50)58-34-15-16-35-61(58)68)47-65(60)69(64(59)46-55)62-36-17-19-38-66(62)72(53-30-11-4-12-31-53)67-39-20-18-37-63(67)69/h1-47H. The fourth-order valence-corrected chi connectivity index (χ4v) is 12.0. The molecule has 0 radical (unpaired) electrons. The van der Waals surface area contributed by atoms with Crippen molar-refractivity contribution in [3.05, 3.63) is 307 Å². The zero-order valence-corrected chi connectivity index (χ0v) is 39.5. The molecule has 14 rings (SSSR count). The Kier molecular flexibility index (Phi) is 9.75. The fourth-order valence-electron chi connectivity index (χ4n) is 12.0. The molecule has 12 aromatic rings. The van der Waals surface area contributed by atoms with Crippen molar-refractivity contribution in [3.63, 3.8) is 0 Å². The molecule has 2 aliphatic rings. The third kappa shape index (κ3) is 6.45. The molecule has 1 aliphatic heterocycles. The van der Waals surface area contributed by atoms with E-state index in [2.05, 4.69) is 300 Å². The van der Waals surface area contributed by atoms with Crippen molar-refractivity contribution in [1.29, 1.82) is 0 Å². The number of nitrogens with zero attached hydrogens (tertiary/aromatic N) is 3. The molecule has 1 aliphatic carbocycles. The van der Waals surface area contributed by atoms with Crippen LogP contribution in [-0.2, 0) is 5.41 Å². The summed E-state index contributed by atoms with van der Waals surface area (Å²) in [5.41, 5.74) is 19.1. The number of para-hydroxylation sites is 5. The predicted octanol–water partition coefficient (Wildman–Crippen LogP) is 18.7. The zero-order chi connectivity index (χ0) is 47.6. The van der Waals surface area contributed by atoms with Crippen LogP contribution in [0, 0.1) is 0 Å². The van der Waals surface area contributed by atoms with Crippen LogP contribution in [0.2, 0.25) is 0 Å². The first-order chi connectivity index (χ1) is 35.7. The highest BCUT2D eigenvalue weighted by molar-refractivity contribution is 6.14. The van der Waals surface area contributed by atoms with Gasteiger partial charge in [-0.2, -0.15) is 0 Å². The van der Waals surface area contributed by atoms with E-state index in [9.17, 15) is 0 Å². The van der Waals surface area contributed by atoms with Crippen LogP contribution in [0.1, 0.15) is 22.3 Å². The lowest BCUT2D eigenvalue weighted by molar-refractivity contribution is 0.752. The van der Waals surface area contributed by atoms with Gasteiger partial charge in [0.1, 0.15) is 0 Å². The minimum absolute atomic E-state index is 0.725. The van der Waals surface area contributed by atoms with Crippen molar-refractivity contribution in [3.8, 4) is 22.3 Å². The Morgan fingerprint density at radius 2 is 0.736 bits per heavy atom. The zero-order valence-electron chi connectivity index (χ0n) is 39.5. The number of benzene rings is 12. The van der Waals surface area contributed by atoms with Crippen LogP contribution in [-0.4, -0.2) is 0 Å². The van der Waals surface area contributed by atoms with Gasteiger partial charge < -0.3 is 14.7 Å².